The monoisotopic (exact) mass is 456 g/mol. The number of rotatable bonds is 4. The van der Waals surface area contributed by atoms with Gasteiger partial charge in [-0.15, -0.1) is 0 Å². The van der Waals surface area contributed by atoms with Gasteiger partial charge in [-0.25, -0.2) is 0 Å². The standard InChI is InChI=1S/C31H28N4/c1-23-11-15-30(33-32-23)27-13-16-31-28(19-27)22-34(21-24-7-3-2-4-8-24)17-18-35(31)29-14-12-25-9-5-6-10-26(25)20-29/h2-16,19-20H,17-18,21-22H2,1H3. The molecule has 0 radical (unpaired) electrons. The normalized spacial score (nSPS) is 14.0. The number of anilines is 2. The Kier molecular flexibility index (Phi) is 5.73. The van der Waals surface area contributed by atoms with Gasteiger partial charge >= 0.3 is 0 Å². The van der Waals surface area contributed by atoms with Gasteiger partial charge in [-0.2, -0.15) is 10.2 Å². The number of benzene rings is 4. The molecule has 0 bridgehead atoms. The summed E-state index contributed by atoms with van der Waals surface area (Å²) >= 11 is 0. The first-order valence-corrected chi connectivity index (χ1v) is 12.2. The van der Waals surface area contributed by atoms with Gasteiger partial charge in [0.1, 0.15) is 0 Å². The zero-order chi connectivity index (χ0) is 23.6. The molecule has 4 nitrogen and oxygen atoms in total. The van der Waals surface area contributed by atoms with Crippen molar-refractivity contribution in [1.82, 2.24) is 15.1 Å². The summed E-state index contributed by atoms with van der Waals surface area (Å²) in [5, 5.41) is 11.3. The van der Waals surface area contributed by atoms with Gasteiger partial charge in [0.15, 0.2) is 0 Å². The summed E-state index contributed by atoms with van der Waals surface area (Å²) in [7, 11) is 0. The third-order valence-electron chi connectivity index (χ3n) is 6.79. The summed E-state index contributed by atoms with van der Waals surface area (Å²) in [6.45, 7) is 5.70. The molecule has 0 aliphatic carbocycles. The third kappa shape index (κ3) is 4.53. The highest BCUT2D eigenvalue weighted by Gasteiger charge is 2.22. The van der Waals surface area contributed by atoms with Crippen LogP contribution in [-0.4, -0.2) is 28.2 Å². The molecule has 0 spiro atoms. The van der Waals surface area contributed by atoms with Gasteiger partial charge in [0.05, 0.1) is 11.4 Å². The molecule has 0 atom stereocenters. The van der Waals surface area contributed by atoms with Crippen LogP contribution in [-0.2, 0) is 13.1 Å². The van der Waals surface area contributed by atoms with Gasteiger partial charge in [0, 0.05) is 43.1 Å². The van der Waals surface area contributed by atoms with Gasteiger partial charge in [-0.1, -0.05) is 66.7 Å². The van der Waals surface area contributed by atoms with Crippen LogP contribution in [0.2, 0.25) is 0 Å². The molecule has 1 aromatic heterocycles. The largest absolute Gasteiger partial charge is 0.340 e. The maximum Gasteiger partial charge on any atom is 0.0929 e. The second-order valence-electron chi connectivity index (χ2n) is 9.28. The lowest BCUT2D eigenvalue weighted by molar-refractivity contribution is 0.270. The molecular weight excluding hydrogens is 428 g/mol. The molecule has 5 aromatic rings. The van der Waals surface area contributed by atoms with E-state index in [1.165, 1.54) is 33.3 Å². The highest BCUT2D eigenvalue weighted by molar-refractivity contribution is 5.87. The minimum absolute atomic E-state index is 0.890. The Bertz CT molecular complexity index is 1460. The molecule has 0 saturated heterocycles. The van der Waals surface area contributed by atoms with Crippen LogP contribution in [0, 0.1) is 6.92 Å². The summed E-state index contributed by atoms with van der Waals surface area (Å²) in [5.74, 6) is 0. The maximum atomic E-state index is 4.44. The summed E-state index contributed by atoms with van der Waals surface area (Å²) in [5.41, 5.74) is 8.10. The lowest BCUT2D eigenvalue weighted by atomic mass is 10.0. The van der Waals surface area contributed by atoms with Crippen LogP contribution in [0.15, 0.2) is 103 Å². The first kappa shape index (κ1) is 21.5. The summed E-state index contributed by atoms with van der Waals surface area (Å²) in [6, 6.07) is 36.9. The molecule has 35 heavy (non-hydrogen) atoms. The van der Waals surface area contributed by atoms with E-state index in [0.717, 1.165) is 43.1 Å². The van der Waals surface area contributed by atoms with Crippen molar-refractivity contribution >= 4 is 22.1 Å². The highest BCUT2D eigenvalue weighted by atomic mass is 15.2. The van der Waals surface area contributed by atoms with Crippen molar-refractivity contribution in [1.29, 1.82) is 0 Å². The minimum atomic E-state index is 0.890. The highest BCUT2D eigenvalue weighted by Crippen LogP contribution is 2.35. The molecule has 6 rings (SSSR count). The number of aryl methyl sites for hydroxylation is 1. The topological polar surface area (TPSA) is 32.3 Å². The van der Waals surface area contributed by atoms with Gasteiger partial charge < -0.3 is 4.90 Å². The average Bonchev–Trinajstić information content (AvgIpc) is 3.08. The lowest BCUT2D eigenvalue weighted by Crippen LogP contribution is -2.28. The molecular formula is C31H28N4. The minimum Gasteiger partial charge on any atom is -0.340 e. The molecule has 0 N–H and O–H groups in total. The van der Waals surface area contributed by atoms with E-state index in [-0.39, 0.29) is 0 Å². The summed E-state index contributed by atoms with van der Waals surface area (Å²) in [4.78, 5) is 5.01. The van der Waals surface area contributed by atoms with E-state index in [1.54, 1.807) is 0 Å². The molecule has 1 aliphatic heterocycles. The first-order valence-electron chi connectivity index (χ1n) is 12.2. The van der Waals surface area contributed by atoms with Crippen LogP contribution in [0.1, 0.15) is 16.8 Å². The number of nitrogens with zero attached hydrogens (tertiary/aromatic N) is 4. The average molecular weight is 457 g/mol. The Balaban J connectivity index is 1.41. The number of fused-ring (bicyclic) bond motifs is 2. The van der Waals surface area contributed by atoms with Gasteiger partial charge in [-0.05, 0) is 65.2 Å². The Hall–Kier alpha value is -4.02. The van der Waals surface area contributed by atoms with E-state index in [1.807, 2.05) is 13.0 Å². The number of aromatic nitrogens is 2. The quantitative estimate of drug-likeness (QED) is 0.299. The van der Waals surface area contributed by atoms with Crippen LogP contribution in [0.4, 0.5) is 11.4 Å². The Morgan fingerprint density at radius 2 is 1.54 bits per heavy atom. The van der Waals surface area contributed by atoms with Crippen LogP contribution >= 0.6 is 0 Å². The van der Waals surface area contributed by atoms with E-state index in [9.17, 15) is 0 Å². The zero-order valence-corrected chi connectivity index (χ0v) is 19.9. The lowest BCUT2D eigenvalue weighted by Gasteiger charge is -2.26. The Morgan fingerprint density at radius 3 is 2.37 bits per heavy atom. The molecule has 0 fully saturated rings. The van der Waals surface area contributed by atoms with Crippen molar-refractivity contribution in [2.45, 2.75) is 20.0 Å². The van der Waals surface area contributed by atoms with Crippen LogP contribution in [0.5, 0.6) is 0 Å². The smallest absolute Gasteiger partial charge is 0.0929 e. The third-order valence-corrected chi connectivity index (χ3v) is 6.79. The van der Waals surface area contributed by atoms with E-state index in [4.69, 9.17) is 0 Å². The molecule has 172 valence electrons. The summed E-state index contributed by atoms with van der Waals surface area (Å²) < 4.78 is 0. The number of hydrogen-bond acceptors (Lipinski definition) is 4. The zero-order valence-electron chi connectivity index (χ0n) is 19.9. The van der Waals surface area contributed by atoms with Crippen molar-refractivity contribution in [3.05, 3.63) is 120 Å². The fourth-order valence-corrected chi connectivity index (χ4v) is 4.96. The second-order valence-corrected chi connectivity index (χ2v) is 9.28. The first-order chi connectivity index (χ1) is 17.2. The molecule has 4 heteroatoms. The molecule has 2 heterocycles. The fraction of sp³-hybridized carbons (Fsp3) is 0.161. The van der Waals surface area contributed by atoms with Gasteiger partial charge in [-0.3, -0.25) is 4.90 Å². The molecule has 0 saturated carbocycles. The van der Waals surface area contributed by atoms with Gasteiger partial charge in [0.25, 0.3) is 0 Å². The predicted octanol–water partition coefficient (Wildman–Crippen LogP) is 6.76. The Labute approximate surface area is 206 Å². The maximum absolute atomic E-state index is 4.44. The van der Waals surface area contributed by atoms with E-state index in [0.29, 0.717) is 0 Å². The molecule has 0 unspecified atom stereocenters. The van der Waals surface area contributed by atoms with Crippen LogP contribution in [0.3, 0.4) is 0 Å². The predicted molar refractivity (Wildman–Crippen MR) is 144 cm³/mol. The van der Waals surface area contributed by atoms with E-state index in [2.05, 4.69) is 117 Å². The summed E-state index contributed by atoms with van der Waals surface area (Å²) in [6.07, 6.45) is 0. The van der Waals surface area contributed by atoms with Crippen LogP contribution < -0.4 is 4.90 Å². The van der Waals surface area contributed by atoms with Crippen molar-refractivity contribution < 1.29 is 0 Å². The van der Waals surface area contributed by atoms with Crippen molar-refractivity contribution in [2.24, 2.45) is 0 Å². The molecule has 1 aliphatic rings. The molecule has 0 amide bonds. The van der Waals surface area contributed by atoms with Gasteiger partial charge in [0.2, 0.25) is 0 Å². The SMILES string of the molecule is Cc1ccc(-c2ccc3c(c2)CN(Cc2ccccc2)CCN3c2ccc3ccccc3c2)nn1. The molecule has 4 aromatic carbocycles. The van der Waals surface area contributed by atoms with E-state index >= 15 is 0 Å². The van der Waals surface area contributed by atoms with Crippen LogP contribution in [0.25, 0.3) is 22.0 Å². The van der Waals surface area contributed by atoms with E-state index < -0.39 is 0 Å². The van der Waals surface area contributed by atoms with Crippen molar-refractivity contribution in [3.63, 3.8) is 0 Å². The fourth-order valence-electron chi connectivity index (χ4n) is 4.96. The number of hydrogen-bond donors (Lipinski definition) is 0. The Morgan fingerprint density at radius 1 is 0.714 bits per heavy atom. The van der Waals surface area contributed by atoms with Crippen molar-refractivity contribution in [3.8, 4) is 11.3 Å². The van der Waals surface area contributed by atoms with Crippen molar-refractivity contribution in [2.75, 3.05) is 18.0 Å². The second kappa shape index (κ2) is 9.32.